The van der Waals surface area contributed by atoms with E-state index in [-0.39, 0.29) is 30.4 Å². The van der Waals surface area contributed by atoms with Gasteiger partial charge in [0.05, 0.1) is 19.1 Å². The number of carbonyl (C=O) groups excluding carboxylic acids is 2. The van der Waals surface area contributed by atoms with Gasteiger partial charge >= 0.3 is 5.97 Å². The van der Waals surface area contributed by atoms with E-state index in [4.69, 9.17) is 4.74 Å². The molecule has 0 aliphatic heterocycles. The van der Waals surface area contributed by atoms with Gasteiger partial charge in [0, 0.05) is 13.1 Å². The number of rotatable bonds is 6. The first kappa shape index (κ1) is 13.9. The second kappa shape index (κ2) is 7.23. The zero-order valence-corrected chi connectivity index (χ0v) is 9.79. The summed E-state index contributed by atoms with van der Waals surface area (Å²) in [6.45, 7) is 5.75. The molecular weight excluding hydrogens is 196 g/mol. The van der Waals surface area contributed by atoms with Gasteiger partial charge in [-0.05, 0) is 20.8 Å². The minimum atomic E-state index is -0.306. The number of amides is 1. The molecule has 88 valence electrons. The van der Waals surface area contributed by atoms with Crippen LogP contribution in [-0.2, 0) is 14.3 Å². The van der Waals surface area contributed by atoms with Crippen LogP contribution in [0.15, 0.2) is 0 Å². The maximum atomic E-state index is 11.2. The van der Waals surface area contributed by atoms with E-state index in [1.165, 1.54) is 0 Å². The summed E-state index contributed by atoms with van der Waals surface area (Å²) in [6, 6.07) is -0.379. The lowest BCUT2D eigenvalue weighted by Gasteiger charge is -2.17. The van der Waals surface area contributed by atoms with Crippen molar-refractivity contribution in [2.24, 2.45) is 0 Å². The Kier molecular flexibility index (Phi) is 6.70. The first-order valence-electron chi connectivity index (χ1n) is 5.14. The molecule has 1 amide bonds. The van der Waals surface area contributed by atoms with Gasteiger partial charge in [-0.3, -0.25) is 9.59 Å². The molecule has 0 fully saturated rings. The van der Waals surface area contributed by atoms with Crippen molar-refractivity contribution in [3.05, 3.63) is 0 Å². The summed E-state index contributed by atoms with van der Waals surface area (Å²) in [6.07, 6.45) is 0.273. The van der Waals surface area contributed by atoms with Crippen LogP contribution in [0.3, 0.4) is 0 Å². The third-order valence-corrected chi connectivity index (χ3v) is 1.95. The number of likely N-dealkylation sites (N-methyl/N-ethyl adjacent to an activating group) is 1. The van der Waals surface area contributed by atoms with E-state index in [9.17, 15) is 9.59 Å². The molecule has 15 heavy (non-hydrogen) atoms. The molecule has 0 aliphatic carbocycles. The quantitative estimate of drug-likeness (QED) is 0.616. The Labute approximate surface area is 90.6 Å². The summed E-state index contributed by atoms with van der Waals surface area (Å²) in [5.74, 6) is -0.340. The van der Waals surface area contributed by atoms with Crippen LogP contribution in [0.4, 0.5) is 0 Å². The Hall–Kier alpha value is -1.10. The van der Waals surface area contributed by atoms with Gasteiger partial charge < -0.3 is 15.4 Å². The molecule has 2 unspecified atom stereocenters. The Bertz CT molecular complexity index is 219. The van der Waals surface area contributed by atoms with Crippen molar-refractivity contribution >= 4 is 11.9 Å². The van der Waals surface area contributed by atoms with Crippen LogP contribution in [0, 0.1) is 0 Å². The van der Waals surface area contributed by atoms with E-state index >= 15 is 0 Å². The molecule has 0 rings (SSSR count). The van der Waals surface area contributed by atoms with Gasteiger partial charge in [0.25, 0.3) is 0 Å². The topological polar surface area (TPSA) is 67.4 Å². The monoisotopic (exact) mass is 216 g/mol. The highest BCUT2D eigenvalue weighted by molar-refractivity contribution is 5.81. The van der Waals surface area contributed by atoms with Crippen LogP contribution in [0.5, 0.6) is 0 Å². The highest BCUT2D eigenvalue weighted by Gasteiger charge is 2.16. The minimum Gasteiger partial charge on any atom is -0.466 e. The third kappa shape index (κ3) is 6.06. The van der Waals surface area contributed by atoms with Crippen LogP contribution in [0.25, 0.3) is 0 Å². The van der Waals surface area contributed by atoms with Crippen LogP contribution >= 0.6 is 0 Å². The summed E-state index contributed by atoms with van der Waals surface area (Å²) in [7, 11) is 1.58. The fourth-order valence-electron chi connectivity index (χ4n) is 1.25. The predicted molar refractivity (Wildman–Crippen MR) is 57.4 cm³/mol. The molecule has 0 saturated carbocycles. The fourth-order valence-corrected chi connectivity index (χ4v) is 1.25. The summed E-state index contributed by atoms with van der Waals surface area (Å²) in [5.41, 5.74) is 0. The molecule has 2 atom stereocenters. The second-order valence-electron chi connectivity index (χ2n) is 3.41. The van der Waals surface area contributed by atoms with Gasteiger partial charge in [-0.1, -0.05) is 0 Å². The Balaban J connectivity index is 3.87. The molecule has 0 aromatic carbocycles. The molecule has 5 heteroatoms. The molecule has 0 radical (unpaired) electrons. The minimum absolute atomic E-state index is 0.0728. The average molecular weight is 216 g/mol. The lowest BCUT2D eigenvalue weighted by Crippen LogP contribution is -2.45. The highest BCUT2D eigenvalue weighted by atomic mass is 16.5. The zero-order chi connectivity index (χ0) is 11.8. The summed E-state index contributed by atoms with van der Waals surface area (Å²) in [5, 5.41) is 5.54. The number of carbonyl (C=O) groups is 2. The zero-order valence-electron chi connectivity index (χ0n) is 9.79. The van der Waals surface area contributed by atoms with E-state index in [0.29, 0.717) is 6.61 Å². The van der Waals surface area contributed by atoms with Crippen LogP contribution < -0.4 is 10.6 Å². The standard InChI is InChI=1S/C10H20N2O3/c1-5-15-9(13)6-7(2)12-8(3)10(14)11-4/h7-8,12H,5-6H2,1-4H3,(H,11,14). The lowest BCUT2D eigenvalue weighted by molar-refractivity contribution is -0.143. The number of esters is 1. The smallest absolute Gasteiger partial charge is 0.307 e. The fraction of sp³-hybridized carbons (Fsp3) is 0.800. The largest absolute Gasteiger partial charge is 0.466 e. The van der Waals surface area contributed by atoms with E-state index in [0.717, 1.165) is 0 Å². The molecule has 0 aromatic rings. The van der Waals surface area contributed by atoms with Gasteiger partial charge in [-0.15, -0.1) is 0 Å². The van der Waals surface area contributed by atoms with Crippen LogP contribution in [0.1, 0.15) is 27.2 Å². The van der Waals surface area contributed by atoms with Crippen LogP contribution in [-0.4, -0.2) is 37.6 Å². The molecular formula is C10H20N2O3. The van der Waals surface area contributed by atoms with Gasteiger partial charge in [-0.2, -0.15) is 0 Å². The first-order valence-corrected chi connectivity index (χ1v) is 5.14. The predicted octanol–water partition coefficient (Wildman–Crippen LogP) is 0.0522. The Morgan fingerprint density at radius 2 is 1.93 bits per heavy atom. The normalized spacial score (nSPS) is 14.1. The molecule has 0 aliphatic rings. The maximum Gasteiger partial charge on any atom is 0.307 e. The van der Waals surface area contributed by atoms with Crippen molar-refractivity contribution in [1.29, 1.82) is 0 Å². The Morgan fingerprint density at radius 1 is 1.33 bits per heavy atom. The second-order valence-corrected chi connectivity index (χ2v) is 3.41. The summed E-state index contributed by atoms with van der Waals surface area (Å²) < 4.78 is 4.80. The van der Waals surface area contributed by atoms with E-state index in [1.54, 1.807) is 20.9 Å². The van der Waals surface area contributed by atoms with Crippen molar-refractivity contribution in [3.8, 4) is 0 Å². The molecule has 2 N–H and O–H groups in total. The van der Waals surface area contributed by atoms with Crippen molar-refractivity contribution in [1.82, 2.24) is 10.6 Å². The van der Waals surface area contributed by atoms with Gasteiger partial charge in [-0.25, -0.2) is 0 Å². The van der Waals surface area contributed by atoms with E-state index in [2.05, 4.69) is 10.6 Å². The first-order chi connectivity index (χ1) is 7.01. The molecule has 0 bridgehead atoms. The van der Waals surface area contributed by atoms with Crippen molar-refractivity contribution in [2.45, 2.75) is 39.3 Å². The van der Waals surface area contributed by atoms with Crippen LogP contribution in [0.2, 0.25) is 0 Å². The number of nitrogens with one attached hydrogen (secondary N) is 2. The molecule has 0 aromatic heterocycles. The Morgan fingerprint density at radius 3 is 2.40 bits per heavy atom. The van der Waals surface area contributed by atoms with Gasteiger partial charge in [0.2, 0.25) is 5.91 Å². The van der Waals surface area contributed by atoms with Gasteiger partial charge in [0.1, 0.15) is 0 Å². The third-order valence-electron chi connectivity index (χ3n) is 1.95. The highest BCUT2D eigenvalue weighted by Crippen LogP contribution is 1.96. The molecule has 5 nitrogen and oxygen atoms in total. The number of ether oxygens (including phenoxy) is 1. The average Bonchev–Trinajstić information content (AvgIpc) is 2.16. The SMILES string of the molecule is CCOC(=O)CC(C)NC(C)C(=O)NC. The van der Waals surface area contributed by atoms with E-state index in [1.807, 2.05) is 6.92 Å². The molecule has 0 spiro atoms. The van der Waals surface area contributed by atoms with E-state index < -0.39 is 0 Å². The maximum absolute atomic E-state index is 11.2. The summed E-state index contributed by atoms with van der Waals surface area (Å²) in [4.78, 5) is 22.3. The lowest BCUT2D eigenvalue weighted by atomic mass is 10.2. The summed E-state index contributed by atoms with van der Waals surface area (Å²) >= 11 is 0. The van der Waals surface area contributed by atoms with Crippen molar-refractivity contribution in [3.63, 3.8) is 0 Å². The van der Waals surface area contributed by atoms with Gasteiger partial charge in [0.15, 0.2) is 0 Å². The number of hydrogen-bond donors (Lipinski definition) is 2. The van der Waals surface area contributed by atoms with Crippen molar-refractivity contribution < 1.29 is 14.3 Å². The molecule has 0 heterocycles. The number of hydrogen-bond acceptors (Lipinski definition) is 4. The van der Waals surface area contributed by atoms with Crippen molar-refractivity contribution in [2.75, 3.05) is 13.7 Å². The molecule has 0 saturated heterocycles.